The van der Waals surface area contributed by atoms with Gasteiger partial charge in [0.05, 0.1) is 19.8 Å². The number of para-hydroxylation sites is 2. The summed E-state index contributed by atoms with van der Waals surface area (Å²) in [6.45, 7) is 5.76. The van der Waals surface area contributed by atoms with Gasteiger partial charge in [-0.1, -0.05) is 12.1 Å². The lowest BCUT2D eigenvalue weighted by molar-refractivity contribution is 0.102. The molecule has 0 atom stereocenters. The molecule has 0 saturated heterocycles. The standard InChI is InChI=1S/C26H27N3O4/c1-5-29(6-2)25-19-16-18(12-14-21(19)33-22-10-8-7-9-20(22)28-25)27-26(30)17-11-13-23(31-3)24(15-17)32-4/h7-16H,5-6H2,1-4H3,(H,27,30). The number of aliphatic imine (C=N–C) groups is 1. The maximum absolute atomic E-state index is 12.9. The Morgan fingerprint density at radius 1 is 0.939 bits per heavy atom. The zero-order valence-corrected chi connectivity index (χ0v) is 19.2. The quantitative estimate of drug-likeness (QED) is 0.544. The maximum atomic E-state index is 12.9. The van der Waals surface area contributed by atoms with Gasteiger partial charge in [0.25, 0.3) is 5.91 Å². The summed E-state index contributed by atoms with van der Waals surface area (Å²) in [5.41, 5.74) is 2.69. The Bertz CT molecular complexity index is 1200. The van der Waals surface area contributed by atoms with Crippen LogP contribution in [0, 0.1) is 0 Å². The van der Waals surface area contributed by atoms with Crippen LogP contribution in [0.15, 0.2) is 65.7 Å². The second-order valence-electron chi connectivity index (χ2n) is 7.41. The van der Waals surface area contributed by atoms with Gasteiger partial charge in [0.1, 0.15) is 17.3 Å². The first kappa shape index (κ1) is 22.2. The molecule has 1 aliphatic rings. The molecule has 7 nitrogen and oxygen atoms in total. The number of hydrogen-bond acceptors (Lipinski definition) is 6. The molecule has 0 radical (unpaired) electrons. The van der Waals surface area contributed by atoms with Gasteiger partial charge < -0.3 is 24.4 Å². The normalized spacial score (nSPS) is 11.8. The second-order valence-corrected chi connectivity index (χ2v) is 7.41. The molecule has 1 N–H and O–H groups in total. The van der Waals surface area contributed by atoms with E-state index in [-0.39, 0.29) is 5.91 Å². The minimum absolute atomic E-state index is 0.255. The molecule has 3 aromatic carbocycles. The molecule has 7 heteroatoms. The molecule has 1 aliphatic heterocycles. The van der Waals surface area contributed by atoms with Crippen molar-refractivity contribution in [3.63, 3.8) is 0 Å². The smallest absolute Gasteiger partial charge is 0.255 e. The predicted molar refractivity (Wildman–Crippen MR) is 130 cm³/mol. The lowest BCUT2D eigenvalue weighted by Gasteiger charge is -2.23. The van der Waals surface area contributed by atoms with Crippen LogP contribution in [0.3, 0.4) is 0 Å². The lowest BCUT2D eigenvalue weighted by Crippen LogP contribution is -2.31. The number of methoxy groups -OCH3 is 2. The third-order valence-electron chi connectivity index (χ3n) is 5.50. The van der Waals surface area contributed by atoms with Crippen molar-refractivity contribution in [2.45, 2.75) is 13.8 Å². The van der Waals surface area contributed by atoms with E-state index in [0.29, 0.717) is 34.2 Å². The summed E-state index contributed by atoms with van der Waals surface area (Å²) in [5.74, 6) is 3.00. The number of fused-ring (bicyclic) bond motifs is 2. The predicted octanol–water partition coefficient (Wildman–Crippen LogP) is 5.48. The highest BCUT2D eigenvalue weighted by Gasteiger charge is 2.22. The summed E-state index contributed by atoms with van der Waals surface area (Å²) >= 11 is 0. The number of amides is 1. The van der Waals surface area contributed by atoms with Crippen LogP contribution in [-0.4, -0.2) is 44.0 Å². The zero-order chi connectivity index (χ0) is 23.4. The van der Waals surface area contributed by atoms with Crippen molar-refractivity contribution in [2.24, 2.45) is 4.99 Å². The number of nitrogens with zero attached hydrogens (tertiary/aromatic N) is 2. The van der Waals surface area contributed by atoms with E-state index in [2.05, 4.69) is 24.1 Å². The van der Waals surface area contributed by atoms with Gasteiger partial charge in [0, 0.05) is 24.3 Å². The minimum atomic E-state index is -0.255. The summed E-state index contributed by atoms with van der Waals surface area (Å²) in [7, 11) is 3.10. The van der Waals surface area contributed by atoms with Crippen LogP contribution < -0.4 is 19.5 Å². The van der Waals surface area contributed by atoms with Crippen molar-refractivity contribution in [1.29, 1.82) is 0 Å². The van der Waals surface area contributed by atoms with Crippen molar-refractivity contribution in [1.82, 2.24) is 4.90 Å². The molecular formula is C26H27N3O4. The fourth-order valence-electron chi connectivity index (χ4n) is 3.75. The average molecular weight is 446 g/mol. The van der Waals surface area contributed by atoms with Crippen LogP contribution in [0.4, 0.5) is 11.4 Å². The molecule has 170 valence electrons. The zero-order valence-electron chi connectivity index (χ0n) is 19.2. The molecule has 3 aromatic rings. The van der Waals surface area contributed by atoms with E-state index in [1.807, 2.05) is 42.5 Å². The number of anilines is 1. The van der Waals surface area contributed by atoms with Crippen molar-refractivity contribution in [2.75, 3.05) is 32.6 Å². The van der Waals surface area contributed by atoms with Crippen molar-refractivity contribution < 1.29 is 19.0 Å². The van der Waals surface area contributed by atoms with Crippen LogP contribution in [-0.2, 0) is 0 Å². The van der Waals surface area contributed by atoms with Crippen molar-refractivity contribution in [3.05, 3.63) is 71.8 Å². The van der Waals surface area contributed by atoms with Crippen LogP contribution >= 0.6 is 0 Å². The Morgan fingerprint density at radius 3 is 2.42 bits per heavy atom. The Balaban J connectivity index is 1.70. The molecule has 0 aliphatic carbocycles. The minimum Gasteiger partial charge on any atom is -0.493 e. The largest absolute Gasteiger partial charge is 0.493 e. The molecule has 0 aromatic heterocycles. The Hall–Kier alpha value is -4.00. The van der Waals surface area contributed by atoms with E-state index in [4.69, 9.17) is 19.2 Å². The number of hydrogen-bond donors (Lipinski definition) is 1. The fourth-order valence-corrected chi connectivity index (χ4v) is 3.75. The van der Waals surface area contributed by atoms with Crippen LogP contribution in [0.1, 0.15) is 29.8 Å². The van der Waals surface area contributed by atoms with Gasteiger partial charge in [-0.25, -0.2) is 4.99 Å². The number of rotatable bonds is 6. The number of benzene rings is 3. The molecule has 0 saturated carbocycles. The van der Waals surface area contributed by atoms with Gasteiger partial charge in [-0.2, -0.15) is 0 Å². The van der Waals surface area contributed by atoms with Crippen molar-refractivity contribution >= 4 is 23.1 Å². The number of carbonyl (C=O) groups excluding carboxylic acids is 1. The van der Waals surface area contributed by atoms with E-state index in [1.165, 1.54) is 7.11 Å². The molecule has 1 amide bonds. The van der Waals surface area contributed by atoms with Gasteiger partial charge in [-0.15, -0.1) is 0 Å². The van der Waals surface area contributed by atoms with E-state index < -0.39 is 0 Å². The molecule has 0 bridgehead atoms. The molecule has 33 heavy (non-hydrogen) atoms. The summed E-state index contributed by atoms with van der Waals surface area (Å²) in [4.78, 5) is 20.0. The summed E-state index contributed by atoms with van der Waals surface area (Å²) in [5, 5.41) is 2.97. The molecule has 1 heterocycles. The first-order chi connectivity index (χ1) is 16.1. The Morgan fingerprint density at radius 2 is 1.70 bits per heavy atom. The molecule has 0 unspecified atom stereocenters. The van der Waals surface area contributed by atoms with Crippen LogP contribution in [0.2, 0.25) is 0 Å². The summed E-state index contributed by atoms with van der Waals surface area (Å²) < 4.78 is 16.8. The van der Waals surface area contributed by atoms with Gasteiger partial charge in [-0.05, 0) is 62.4 Å². The van der Waals surface area contributed by atoms with Crippen LogP contribution in [0.25, 0.3) is 0 Å². The number of amidine groups is 1. The van der Waals surface area contributed by atoms with E-state index in [9.17, 15) is 4.79 Å². The third kappa shape index (κ3) is 4.48. The van der Waals surface area contributed by atoms with E-state index in [0.717, 1.165) is 30.2 Å². The van der Waals surface area contributed by atoms with Gasteiger partial charge >= 0.3 is 0 Å². The first-order valence-electron chi connectivity index (χ1n) is 10.9. The number of nitrogens with one attached hydrogen (secondary N) is 1. The Labute approximate surface area is 193 Å². The van der Waals surface area contributed by atoms with E-state index >= 15 is 0 Å². The van der Waals surface area contributed by atoms with Crippen LogP contribution in [0.5, 0.6) is 23.0 Å². The monoisotopic (exact) mass is 445 g/mol. The number of carbonyl (C=O) groups is 1. The van der Waals surface area contributed by atoms with E-state index in [1.54, 1.807) is 25.3 Å². The summed E-state index contributed by atoms with van der Waals surface area (Å²) in [6.07, 6.45) is 0. The fraction of sp³-hybridized carbons (Fsp3) is 0.231. The average Bonchev–Trinajstić information content (AvgIpc) is 3.01. The Kier molecular flexibility index (Phi) is 6.49. The molecular weight excluding hydrogens is 418 g/mol. The maximum Gasteiger partial charge on any atom is 0.255 e. The highest BCUT2D eigenvalue weighted by Crippen LogP contribution is 2.39. The van der Waals surface area contributed by atoms with Gasteiger partial charge in [-0.3, -0.25) is 4.79 Å². The second kappa shape index (κ2) is 9.65. The number of ether oxygens (including phenoxy) is 3. The molecule has 0 fully saturated rings. The van der Waals surface area contributed by atoms with Gasteiger partial charge in [0.15, 0.2) is 17.2 Å². The topological polar surface area (TPSA) is 72.4 Å². The molecule has 0 spiro atoms. The highest BCUT2D eigenvalue weighted by molar-refractivity contribution is 6.07. The SMILES string of the molecule is CCN(CC)C1=Nc2ccccc2Oc2ccc(NC(=O)c3ccc(OC)c(OC)c3)cc21. The highest BCUT2D eigenvalue weighted by atomic mass is 16.5. The van der Waals surface area contributed by atoms with Crippen molar-refractivity contribution in [3.8, 4) is 23.0 Å². The molecule has 4 rings (SSSR count). The van der Waals surface area contributed by atoms with Gasteiger partial charge in [0.2, 0.25) is 0 Å². The first-order valence-corrected chi connectivity index (χ1v) is 10.9. The lowest BCUT2D eigenvalue weighted by atomic mass is 10.1. The summed E-state index contributed by atoms with van der Waals surface area (Å²) in [6, 6.07) is 18.3. The third-order valence-corrected chi connectivity index (χ3v) is 5.50.